The summed E-state index contributed by atoms with van der Waals surface area (Å²) in [6, 6.07) is 0. The third-order valence-electron chi connectivity index (χ3n) is 9.49. The molecule has 0 fully saturated rings. The van der Waals surface area contributed by atoms with E-state index in [0.717, 1.165) is 89.9 Å². The molecule has 8 nitrogen and oxygen atoms in total. The van der Waals surface area contributed by atoms with Crippen molar-refractivity contribution in [3.63, 3.8) is 0 Å². The molecule has 0 aromatic rings. The molecule has 0 bridgehead atoms. The second kappa shape index (κ2) is 47.5. The van der Waals surface area contributed by atoms with Crippen molar-refractivity contribution in [3.05, 3.63) is 97.2 Å². The lowest BCUT2D eigenvalue weighted by molar-refractivity contribution is -0.154. The van der Waals surface area contributed by atoms with Crippen LogP contribution in [0.2, 0.25) is 0 Å². The van der Waals surface area contributed by atoms with Crippen LogP contribution in [0, 0.1) is 0 Å². The van der Waals surface area contributed by atoms with Crippen LogP contribution in [0.1, 0.15) is 181 Å². The Morgan fingerprint density at radius 2 is 0.933 bits per heavy atom. The highest BCUT2D eigenvalue weighted by Crippen LogP contribution is 2.43. The molecule has 0 amide bonds. The quantitative estimate of drug-likeness (QED) is 0.0269. The molecule has 0 aliphatic heterocycles. The second-order valence-electron chi connectivity index (χ2n) is 15.2. The van der Waals surface area contributed by atoms with Crippen LogP contribution in [0.15, 0.2) is 97.2 Å². The Morgan fingerprint density at radius 3 is 1.40 bits per heavy atom. The smallest absolute Gasteiger partial charge is 0.457 e. The Labute approximate surface area is 368 Å². The van der Waals surface area contributed by atoms with Gasteiger partial charge in [0.2, 0.25) is 0 Å². The van der Waals surface area contributed by atoms with Gasteiger partial charge in [0.15, 0.2) is 0 Å². The van der Waals surface area contributed by atoms with Gasteiger partial charge in [0, 0.05) is 19.6 Å². The average Bonchev–Trinajstić information content (AvgIpc) is 3.24. The van der Waals surface area contributed by atoms with E-state index in [4.69, 9.17) is 24.3 Å². The highest BCUT2D eigenvalue weighted by atomic mass is 31.2. The second-order valence-corrected chi connectivity index (χ2v) is 16.7. The van der Waals surface area contributed by atoms with Crippen LogP contribution in [-0.4, -0.2) is 49.9 Å². The van der Waals surface area contributed by atoms with Crippen LogP contribution in [0.4, 0.5) is 0 Å². The van der Waals surface area contributed by atoms with Crippen molar-refractivity contribution >= 4 is 13.8 Å². The number of carbonyl (C=O) groups excluding carboxylic acids is 1. The predicted octanol–water partition coefficient (Wildman–Crippen LogP) is 14.6. The van der Waals surface area contributed by atoms with E-state index in [0.29, 0.717) is 13.0 Å². The Hall–Kier alpha value is -2.58. The fourth-order valence-electron chi connectivity index (χ4n) is 6.03. The number of esters is 1. The maximum Gasteiger partial charge on any atom is 0.472 e. The third kappa shape index (κ3) is 46.5. The molecule has 344 valence electrons. The van der Waals surface area contributed by atoms with Crippen LogP contribution in [0.5, 0.6) is 0 Å². The lowest BCUT2D eigenvalue weighted by atomic mass is 10.1. The summed E-state index contributed by atoms with van der Waals surface area (Å²) in [6.45, 7) is 4.65. The summed E-state index contributed by atoms with van der Waals surface area (Å²) in [5.74, 6) is -0.356. The lowest BCUT2D eigenvalue weighted by Gasteiger charge is -2.20. The maximum absolute atomic E-state index is 12.6. The van der Waals surface area contributed by atoms with Gasteiger partial charge in [0.25, 0.3) is 0 Å². The fraction of sp³-hybridized carbons (Fsp3) is 0.667. The average molecular weight is 858 g/mol. The zero-order chi connectivity index (χ0) is 43.7. The highest BCUT2D eigenvalue weighted by molar-refractivity contribution is 7.47. The maximum atomic E-state index is 12.6. The molecule has 0 spiro atoms. The molecule has 0 heterocycles. The molecule has 0 radical (unpaired) electrons. The van der Waals surface area contributed by atoms with E-state index in [1.807, 2.05) is 0 Å². The van der Waals surface area contributed by atoms with Gasteiger partial charge in [-0.1, -0.05) is 175 Å². The normalized spacial score (nSPS) is 14.3. The van der Waals surface area contributed by atoms with Crippen LogP contribution in [0.3, 0.4) is 0 Å². The molecule has 60 heavy (non-hydrogen) atoms. The summed E-state index contributed by atoms with van der Waals surface area (Å²) in [4.78, 5) is 22.5. The molecule has 0 rings (SSSR count). The van der Waals surface area contributed by atoms with Gasteiger partial charge >= 0.3 is 13.8 Å². The van der Waals surface area contributed by atoms with Crippen molar-refractivity contribution in [1.29, 1.82) is 0 Å². The Morgan fingerprint density at radius 1 is 0.517 bits per heavy atom. The molecule has 0 aromatic heterocycles. The first-order chi connectivity index (χ1) is 29.4. The van der Waals surface area contributed by atoms with Gasteiger partial charge in [-0.2, -0.15) is 0 Å². The van der Waals surface area contributed by atoms with Crippen LogP contribution in [0.25, 0.3) is 0 Å². The number of unbranched alkanes of at least 4 members (excludes halogenated alkanes) is 15. The first kappa shape index (κ1) is 57.4. The summed E-state index contributed by atoms with van der Waals surface area (Å²) in [6.07, 6.45) is 62.9. The van der Waals surface area contributed by atoms with Gasteiger partial charge in [-0.25, -0.2) is 4.57 Å². The van der Waals surface area contributed by atoms with Crippen molar-refractivity contribution in [2.24, 2.45) is 5.73 Å². The number of carbonyl (C=O) groups is 1. The van der Waals surface area contributed by atoms with Gasteiger partial charge in [-0.15, -0.1) is 0 Å². The monoisotopic (exact) mass is 858 g/mol. The molecule has 0 aliphatic carbocycles. The molecule has 2 atom stereocenters. The molecule has 0 saturated heterocycles. The van der Waals surface area contributed by atoms with Crippen molar-refractivity contribution < 1.29 is 32.8 Å². The van der Waals surface area contributed by atoms with E-state index in [1.54, 1.807) is 0 Å². The van der Waals surface area contributed by atoms with E-state index in [-0.39, 0.29) is 32.3 Å². The van der Waals surface area contributed by atoms with Gasteiger partial charge in [-0.3, -0.25) is 13.8 Å². The standard InChI is InChI=1S/C51H88NO7P/c1-3-5-7-9-11-13-15-17-19-21-23-24-25-26-27-28-30-32-34-36-38-40-42-44-51(53)59-50(49-58-60(54,55)57-47-45-52)48-56-46-43-41-39-37-35-33-31-29-22-20-18-16-14-12-10-8-6-4-2/h6,8,12,14-15,17-18,20-21,23,25-26,29,31,35,37,50H,3-5,7,9-11,13,16,19,22,24,27-28,30,32-34,36,38-49,52H2,1-2H3,(H,54,55)/b8-6-,14-12-,17-15-,20-18-,23-21-,26-25-,31-29-,37-35-. The van der Waals surface area contributed by atoms with E-state index < -0.39 is 13.9 Å². The zero-order valence-corrected chi connectivity index (χ0v) is 39.1. The summed E-state index contributed by atoms with van der Waals surface area (Å²) in [5, 5.41) is 0. The van der Waals surface area contributed by atoms with Crippen molar-refractivity contribution in [3.8, 4) is 0 Å². The highest BCUT2D eigenvalue weighted by Gasteiger charge is 2.25. The largest absolute Gasteiger partial charge is 0.472 e. The van der Waals surface area contributed by atoms with E-state index in [9.17, 15) is 14.3 Å². The minimum Gasteiger partial charge on any atom is -0.457 e. The Balaban J connectivity index is 4.10. The minimum atomic E-state index is -4.30. The molecular weight excluding hydrogens is 770 g/mol. The van der Waals surface area contributed by atoms with Crippen LogP contribution < -0.4 is 5.73 Å². The first-order valence-electron chi connectivity index (χ1n) is 23.7. The van der Waals surface area contributed by atoms with E-state index >= 15 is 0 Å². The van der Waals surface area contributed by atoms with Crippen molar-refractivity contribution in [1.82, 2.24) is 0 Å². The summed E-state index contributed by atoms with van der Waals surface area (Å²) in [5.41, 5.74) is 5.38. The molecule has 0 aromatic carbocycles. The summed E-state index contributed by atoms with van der Waals surface area (Å²) >= 11 is 0. The molecule has 2 unspecified atom stereocenters. The van der Waals surface area contributed by atoms with Crippen molar-refractivity contribution in [2.45, 2.75) is 187 Å². The van der Waals surface area contributed by atoms with E-state index in [1.165, 1.54) is 70.6 Å². The van der Waals surface area contributed by atoms with Gasteiger partial charge in [0.1, 0.15) is 6.10 Å². The fourth-order valence-corrected chi connectivity index (χ4v) is 6.79. The van der Waals surface area contributed by atoms with E-state index in [2.05, 4.69) is 111 Å². The third-order valence-corrected chi connectivity index (χ3v) is 10.5. The molecule has 0 aliphatic rings. The first-order valence-corrected chi connectivity index (χ1v) is 25.2. The van der Waals surface area contributed by atoms with Crippen LogP contribution in [-0.2, 0) is 27.9 Å². The number of nitrogens with two attached hydrogens (primary N) is 1. The van der Waals surface area contributed by atoms with Gasteiger partial charge < -0.3 is 20.1 Å². The molecule has 0 saturated carbocycles. The number of hydrogen-bond acceptors (Lipinski definition) is 7. The number of allylic oxidation sites excluding steroid dienone is 16. The zero-order valence-electron chi connectivity index (χ0n) is 38.2. The van der Waals surface area contributed by atoms with Crippen LogP contribution >= 0.6 is 7.82 Å². The topological polar surface area (TPSA) is 117 Å². The molecule has 3 N–H and O–H groups in total. The number of ether oxygens (including phenoxy) is 2. The van der Waals surface area contributed by atoms with Gasteiger partial charge in [0.05, 0.1) is 19.8 Å². The molecular formula is C51H88NO7P. The Kier molecular flexibility index (Phi) is 45.4. The molecule has 9 heteroatoms. The van der Waals surface area contributed by atoms with Crippen molar-refractivity contribution in [2.75, 3.05) is 33.0 Å². The number of phosphoric ester groups is 1. The number of phosphoric acid groups is 1. The predicted molar refractivity (Wildman–Crippen MR) is 256 cm³/mol. The lowest BCUT2D eigenvalue weighted by Crippen LogP contribution is -2.28. The minimum absolute atomic E-state index is 0.0777. The number of hydrogen-bond donors (Lipinski definition) is 2. The Bertz CT molecular complexity index is 1240. The number of rotatable bonds is 44. The SMILES string of the molecule is CC/C=C\C/C=C\C/C=C\C/C=C\C/C=C\CCCCOCC(COP(=O)(O)OCCN)OC(=O)CCCCCCCCCC/C=C\C/C=C\C/C=C\CCCCCCC. The summed E-state index contributed by atoms with van der Waals surface area (Å²) in [7, 11) is -4.30. The summed E-state index contributed by atoms with van der Waals surface area (Å²) < 4.78 is 33.4. The van der Waals surface area contributed by atoms with Gasteiger partial charge in [-0.05, 0) is 96.3 Å².